The standard InChI is InChI=1S/C59H95O11P/c1-5-9-11-13-15-17-19-21-23-25-27-29-37-43-54(60)65-47-51(69-55(61)44-38-30-28-26-24-22-20-18-16-14-12-10-6-2)48-68-71(63,64)70-59-56(62)57(66-45-49-39-33-31-34-40-49)52(7-3)53(8-4)58(59)67-46-50-41-35-32-36-42-50/h7-8,31-36,39-42,51-53,56-59,62H,3-6,9-30,37-38,43-48H2,1-2H3,(H,63,64). The molecule has 8 atom stereocenters. The lowest BCUT2D eigenvalue weighted by atomic mass is 9.72. The quantitative estimate of drug-likeness (QED) is 0.0283. The lowest BCUT2D eigenvalue weighted by Crippen LogP contribution is -2.59. The SMILES string of the molecule is C=CC1C(C=C)C(OCc2ccccc2)C(OP(=O)(O)OCC(COC(=O)CCCCCCCCCCCCCCC)OC(=O)CCCCCCCCCCCCCCC)C(O)C1OCc1ccccc1. The van der Waals surface area contributed by atoms with Gasteiger partial charge in [-0.3, -0.25) is 18.6 Å². The van der Waals surface area contributed by atoms with Gasteiger partial charge in [0.2, 0.25) is 0 Å². The van der Waals surface area contributed by atoms with Crippen LogP contribution >= 0.6 is 7.82 Å². The van der Waals surface area contributed by atoms with E-state index in [0.717, 1.165) is 49.7 Å². The number of hydrogen-bond acceptors (Lipinski definition) is 10. The van der Waals surface area contributed by atoms with E-state index in [1.165, 1.54) is 116 Å². The first-order valence-electron chi connectivity index (χ1n) is 27.9. The van der Waals surface area contributed by atoms with Crippen LogP contribution < -0.4 is 0 Å². The maximum Gasteiger partial charge on any atom is 0.472 e. The number of hydrogen-bond donors (Lipinski definition) is 2. The number of aliphatic hydroxyl groups excluding tert-OH is 1. The molecule has 0 saturated heterocycles. The van der Waals surface area contributed by atoms with Crippen LogP contribution in [0.1, 0.15) is 205 Å². The van der Waals surface area contributed by atoms with Crippen LogP contribution in [0.3, 0.4) is 0 Å². The van der Waals surface area contributed by atoms with E-state index < -0.39 is 68.7 Å². The van der Waals surface area contributed by atoms with Gasteiger partial charge in [0.1, 0.15) is 18.8 Å². The first kappa shape index (κ1) is 62.1. The van der Waals surface area contributed by atoms with Gasteiger partial charge < -0.3 is 28.9 Å². The first-order valence-corrected chi connectivity index (χ1v) is 29.4. The summed E-state index contributed by atoms with van der Waals surface area (Å²) in [6.07, 6.45) is 28.5. The number of esters is 2. The zero-order valence-electron chi connectivity index (χ0n) is 44.0. The fourth-order valence-corrected chi connectivity index (χ4v) is 10.4. The minimum absolute atomic E-state index is 0.111. The van der Waals surface area contributed by atoms with Crippen LogP contribution in [0, 0.1) is 11.8 Å². The van der Waals surface area contributed by atoms with E-state index >= 15 is 0 Å². The third-order valence-corrected chi connectivity index (χ3v) is 14.7. The molecule has 11 nitrogen and oxygen atoms in total. The van der Waals surface area contributed by atoms with Crippen molar-refractivity contribution >= 4 is 19.8 Å². The fraction of sp³-hybridized carbons (Fsp3) is 0.695. The number of ether oxygens (including phenoxy) is 4. The molecule has 8 unspecified atom stereocenters. The van der Waals surface area contributed by atoms with Crippen LogP contribution in [-0.2, 0) is 55.4 Å². The van der Waals surface area contributed by atoms with Crippen molar-refractivity contribution in [2.45, 2.75) is 237 Å². The van der Waals surface area contributed by atoms with Crippen LogP contribution in [0.25, 0.3) is 0 Å². The molecule has 1 aliphatic rings. The molecule has 0 radical (unpaired) electrons. The van der Waals surface area contributed by atoms with Gasteiger partial charge in [0.05, 0.1) is 32.0 Å². The topological polar surface area (TPSA) is 147 Å². The van der Waals surface area contributed by atoms with Crippen LogP contribution in [0.5, 0.6) is 0 Å². The Hall–Kier alpha value is -3.15. The molecule has 402 valence electrons. The van der Waals surface area contributed by atoms with Gasteiger partial charge in [-0.15, -0.1) is 13.2 Å². The highest BCUT2D eigenvalue weighted by Crippen LogP contribution is 2.50. The third-order valence-electron chi connectivity index (χ3n) is 13.7. The molecule has 0 aromatic heterocycles. The van der Waals surface area contributed by atoms with Gasteiger partial charge in [0.15, 0.2) is 6.10 Å². The first-order chi connectivity index (χ1) is 34.6. The average Bonchev–Trinajstić information content (AvgIpc) is 3.37. The molecule has 0 amide bonds. The van der Waals surface area contributed by atoms with Crippen LogP contribution in [0.4, 0.5) is 0 Å². The summed E-state index contributed by atoms with van der Waals surface area (Å²) in [6, 6.07) is 18.9. The van der Waals surface area contributed by atoms with Crippen molar-refractivity contribution in [2.75, 3.05) is 13.2 Å². The van der Waals surface area contributed by atoms with Gasteiger partial charge in [0, 0.05) is 24.7 Å². The second kappa shape index (κ2) is 39.3. The van der Waals surface area contributed by atoms with Crippen LogP contribution in [-0.4, -0.2) is 65.7 Å². The average molecular weight is 1010 g/mol. The Labute approximate surface area is 429 Å². The Bertz CT molecular complexity index is 1710. The number of carbonyl (C=O) groups is 2. The molecule has 0 aliphatic heterocycles. The summed E-state index contributed by atoms with van der Waals surface area (Å²) in [5.41, 5.74) is 1.71. The second-order valence-electron chi connectivity index (χ2n) is 19.8. The van der Waals surface area contributed by atoms with Crippen molar-refractivity contribution in [2.24, 2.45) is 11.8 Å². The minimum atomic E-state index is -5.03. The second-order valence-corrected chi connectivity index (χ2v) is 21.2. The normalized spacial score (nSPS) is 20.2. The highest BCUT2D eigenvalue weighted by atomic mass is 31.2. The highest BCUT2D eigenvalue weighted by molar-refractivity contribution is 7.47. The summed E-state index contributed by atoms with van der Waals surface area (Å²) in [7, 11) is -5.03. The molecule has 3 rings (SSSR count). The van der Waals surface area contributed by atoms with Gasteiger partial charge in [-0.25, -0.2) is 4.57 Å². The van der Waals surface area contributed by atoms with Crippen molar-refractivity contribution in [3.63, 3.8) is 0 Å². The summed E-state index contributed by atoms with van der Waals surface area (Å²) in [5.74, 6) is -2.01. The predicted octanol–water partition coefficient (Wildman–Crippen LogP) is 15.1. The van der Waals surface area contributed by atoms with E-state index in [1.807, 2.05) is 60.7 Å². The van der Waals surface area contributed by atoms with Gasteiger partial charge in [-0.2, -0.15) is 0 Å². The molecule has 1 saturated carbocycles. The molecule has 2 N–H and O–H groups in total. The van der Waals surface area contributed by atoms with E-state index in [1.54, 1.807) is 12.2 Å². The Morgan fingerprint density at radius 2 is 0.930 bits per heavy atom. The predicted molar refractivity (Wildman–Crippen MR) is 286 cm³/mol. The van der Waals surface area contributed by atoms with Crippen molar-refractivity contribution in [1.29, 1.82) is 0 Å². The van der Waals surface area contributed by atoms with E-state index in [-0.39, 0.29) is 32.7 Å². The molecule has 71 heavy (non-hydrogen) atoms. The molecular formula is C59H95O11P. The number of unbranched alkanes of at least 4 members (excludes halogenated alkanes) is 24. The Balaban J connectivity index is 1.60. The van der Waals surface area contributed by atoms with Crippen LogP contribution in [0.15, 0.2) is 86.0 Å². The summed E-state index contributed by atoms with van der Waals surface area (Å²) in [4.78, 5) is 37.5. The zero-order valence-corrected chi connectivity index (χ0v) is 44.9. The zero-order chi connectivity index (χ0) is 51.2. The molecule has 0 spiro atoms. The van der Waals surface area contributed by atoms with Gasteiger partial charge in [-0.05, 0) is 24.0 Å². The van der Waals surface area contributed by atoms with Gasteiger partial charge >= 0.3 is 19.8 Å². The van der Waals surface area contributed by atoms with Crippen molar-refractivity contribution in [3.05, 3.63) is 97.1 Å². The molecule has 1 aliphatic carbocycles. The van der Waals surface area contributed by atoms with Crippen molar-refractivity contribution in [3.8, 4) is 0 Å². The number of rotatable bonds is 44. The van der Waals surface area contributed by atoms with Crippen LogP contribution in [0.2, 0.25) is 0 Å². The lowest BCUT2D eigenvalue weighted by Gasteiger charge is -2.47. The smallest absolute Gasteiger partial charge is 0.462 e. The molecule has 2 aromatic carbocycles. The Morgan fingerprint density at radius 3 is 1.35 bits per heavy atom. The monoisotopic (exact) mass is 1010 g/mol. The highest BCUT2D eigenvalue weighted by Gasteiger charge is 2.52. The molecule has 2 aromatic rings. The Kier molecular flexibility index (Phi) is 34.4. The molecule has 0 heterocycles. The Morgan fingerprint density at radius 1 is 0.549 bits per heavy atom. The van der Waals surface area contributed by atoms with Crippen molar-refractivity contribution in [1.82, 2.24) is 0 Å². The van der Waals surface area contributed by atoms with E-state index in [2.05, 4.69) is 27.0 Å². The molecule has 0 bridgehead atoms. The summed E-state index contributed by atoms with van der Waals surface area (Å²) >= 11 is 0. The number of aliphatic hydroxyl groups is 1. The maximum absolute atomic E-state index is 14.0. The number of carbonyl (C=O) groups excluding carboxylic acids is 2. The lowest BCUT2D eigenvalue weighted by molar-refractivity contribution is -0.198. The molecular weight excluding hydrogens is 916 g/mol. The number of phosphoric acid groups is 1. The van der Waals surface area contributed by atoms with E-state index in [9.17, 15) is 24.2 Å². The summed E-state index contributed by atoms with van der Waals surface area (Å²) in [6.45, 7) is 11.9. The van der Waals surface area contributed by atoms with E-state index in [0.29, 0.717) is 12.8 Å². The van der Waals surface area contributed by atoms with Crippen molar-refractivity contribution < 1.29 is 52.1 Å². The largest absolute Gasteiger partial charge is 0.472 e. The number of benzene rings is 2. The fourth-order valence-electron chi connectivity index (χ4n) is 9.47. The van der Waals surface area contributed by atoms with Gasteiger partial charge in [-0.1, -0.05) is 241 Å². The molecule has 1 fully saturated rings. The maximum atomic E-state index is 14.0. The van der Waals surface area contributed by atoms with Gasteiger partial charge in [0.25, 0.3) is 0 Å². The number of phosphoric ester groups is 1. The summed E-state index contributed by atoms with van der Waals surface area (Å²) in [5, 5.41) is 12.0. The minimum Gasteiger partial charge on any atom is -0.462 e. The summed E-state index contributed by atoms with van der Waals surface area (Å²) < 4.78 is 49.4. The molecule has 12 heteroatoms. The third kappa shape index (κ3) is 27.6. The van der Waals surface area contributed by atoms with E-state index in [4.69, 9.17) is 28.0 Å².